The molecule has 0 saturated heterocycles. The predicted molar refractivity (Wildman–Crippen MR) is 45.7 cm³/mol. The summed E-state index contributed by atoms with van der Waals surface area (Å²) in [6.45, 7) is 0. The van der Waals surface area contributed by atoms with Crippen molar-refractivity contribution in [2.75, 3.05) is 0 Å². The number of ketones is 1. The molecule has 0 saturated carbocycles. The minimum atomic E-state index is -4.59. The lowest BCUT2D eigenvalue weighted by Crippen LogP contribution is -2.16. The molecule has 0 aliphatic carbocycles. The summed E-state index contributed by atoms with van der Waals surface area (Å²) in [4.78, 5) is 10.9. The van der Waals surface area contributed by atoms with Gasteiger partial charge in [-0.05, 0) is 17.7 Å². The highest BCUT2D eigenvalue weighted by Gasteiger charge is 2.30. The van der Waals surface area contributed by atoms with Crippen LogP contribution in [0.1, 0.15) is 12.0 Å². The van der Waals surface area contributed by atoms with Crippen LogP contribution in [0.15, 0.2) is 18.2 Å². The normalized spacial score (nSPS) is 11.6. The zero-order chi connectivity index (χ0) is 12.3. The first kappa shape index (κ1) is 12.6. The van der Waals surface area contributed by atoms with E-state index in [1.54, 1.807) is 0 Å². The fourth-order valence-electron chi connectivity index (χ4n) is 1.23. The Hall–Kier alpha value is -1.46. The molecule has 16 heavy (non-hydrogen) atoms. The molecule has 0 aromatic heterocycles. The standard InChI is InChI=1S/C10H7F5O/c11-7-1-6(2-8(12)4-7)3-9(16)5-10(13,14)15/h1-2,4H,3,5H2. The van der Waals surface area contributed by atoms with Crippen molar-refractivity contribution in [2.45, 2.75) is 19.0 Å². The van der Waals surface area contributed by atoms with Crippen molar-refractivity contribution in [3.05, 3.63) is 35.4 Å². The lowest BCUT2D eigenvalue weighted by atomic mass is 10.1. The number of halogens is 5. The highest BCUT2D eigenvalue weighted by Crippen LogP contribution is 2.21. The van der Waals surface area contributed by atoms with Crippen molar-refractivity contribution in [2.24, 2.45) is 0 Å². The van der Waals surface area contributed by atoms with E-state index >= 15 is 0 Å². The van der Waals surface area contributed by atoms with E-state index in [1.165, 1.54) is 0 Å². The number of rotatable bonds is 3. The van der Waals surface area contributed by atoms with E-state index in [0.29, 0.717) is 6.07 Å². The van der Waals surface area contributed by atoms with E-state index in [1.807, 2.05) is 0 Å². The summed E-state index contributed by atoms with van der Waals surface area (Å²) < 4.78 is 60.7. The first-order chi connectivity index (χ1) is 7.26. The Morgan fingerprint density at radius 3 is 2.00 bits per heavy atom. The number of carbonyl (C=O) groups excluding carboxylic acids is 1. The average Bonchev–Trinajstić information content (AvgIpc) is 1.96. The van der Waals surface area contributed by atoms with Gasteiger partial charge in [0, 0.05) is 12.5 Å². The van der Waals surface area contributed by atoms with E-state index in [2.05, 4.69) is 0 Å². The van der Waals surface area contributed by atoms with E-state index < -0.39 is 36.4 Å². The van der Waals surface area contributed by atoms with Gasteiger partial charge in [-0.1, -0.05) is 0 Å². The van der Waals surface area contributed by atoms with Crippen LogP contribution in [0.3, 0.4) is 0 Å². The molecule has 0 spiro atoms. The number of hydrogen-bond donors (Lipinski definition) is 0. The van der Waals surface area contributed by atoms with Crippen molar-refractivity contribution in [3.63, 3.8) is 0 Å². The van der Waals surface area contributed by atoms with Gasteiger partial charge in [0.15, 0.2) is 0 Å². The van der Waals surface area contributed by atoms with E-state index in [4.69, 9.17) is 0 Å². The molecule has 0 atom stereocenters. The van der Waals surface area contributed by atoms with Crippen LogP contribution in [0.25, 0.3) is 0 Å². The average molecular weight is 238 g/mol. The summed E-state index contributed by atoms with van der Waals surface area (Å²) in [5.41, 5.74) is -0.105. The summed E-state index contributed by atoms with van der Waals surface area (Å²) in [5.74, 6) is -2.97. The van der Waals surface area contributed by atoms with Gasteiger partial charge < -0.3 is 0 Å². The molecular formula is C10H7F5O. The van der Waals surface area contributed by atoms with Gasteiger partial charge in [0.2, 0.25) is 0 Å². The molecule has 6 heteroatoms. The summed E-state index contributed by atoms with van der Waals surface area (Å²) in [6.07, 6.45) is -6.82. The maximum Gasteiger partial charge on any atom is 0.395 e. The highest BCUT2D eigenvalue weighted by molar-refractivity contribution is 5.81. The molecule has 1 rings (SSSR count). The van der Waals surface area contributed by atoms with Gasteiger partial charge in [0.25, 0.3) is 0 Å². The van der Waals surface area contributed by atoms with E-state index in [0.717, 1.165) is 12.1 Å². The lowest BCUT2D eigenvalue weighted by Gasteiger charge is -2.05. The molecule has 1 aromatic rings. The molecule has 0 bridgehead atoms. The lowest BCUT2D eigenvalue weighted by molar-refractivity contribution is -0.151. The van der Waals surface area contributed by atoms with Crippen molar-refractivity contribution in [3.8, 4) is 0 Å². The van der Waals surface area contributed by atoms with Crippen LogP contribution in [0.2, 0.25) is 0 Å². The summed E-state index contributed by atoms with van der Waals surface area (Å²) >= 11 is 0. The van der Waals surface area contributed by atoms with Gasteiger partial charge >= 0.3 is 6.18 Å². The quantitative estimate of drug-likeness (QED) is 0.740. The number of alkyl halides is 3. The molecule has 1 aromatic carbocycles. The Morgan fingerprint density at radius 1 is 1.06 bits per heavy atom. The molecule has 0 N–H and O–H groups in total. The van der Waals surface area contributed by atoms with Gasteiger partial charge in [-0.2, -0.15) is 13.2 Å². The maximum atomic E-state index is 12.6. The van der Waals surface area contributed by atoms with Crippen molar-refractivity contribution >= 4 is 5.78 Å². The minimum Gasteiger partial charge on any atom is -0.299 e. The third-order valence-corrected chi connectivity index (χ3v) is 1.72. The van der Waals surface area contributed by atoms with Gasteiger partial charge in [0.05, 0.1) is 0 Å². The third-order valence-electron chi connectivity index (χ3n) is 1.72. The van der Waals surface area contributed by atoms with Crippen LogP contribution in [-0.4, -0.2) is 12.0 Å². The van der Waals surface area contributed by atoms with Crippen LogP contribution in [0, 0.1) is 11.6 Å². The number of hydrogen-bond acceptors (Lipinski definition) is 1. The Balaban J connectivity index is 2.70. The van der Waals surface area contributed by atoms with Gasteiger partial charge in [-0.3, -0.25) is 4.79 Å². The number of benzene rings is 1. The molecule has 88 valence electrons. The fraction of sp³-hybridized carbons (Fsp3) is 0.300. The minimum absolute atomic E-state index is 0.105. The SMILES string of the molecule is O=C(Cc1cc(F)cc(F)c1)CC(F)(F)F. The largest absolute Gasteiger partial charge is 0.395 e. The van der Waals surface area contributed by atoms with Crippen LogP contribution < -0.4 is 0 Å². The molecule has 1 nitrogen and oxygen atoms in total. The predicted octanol–water partition coefficient (Wildman–Crippen LogP) is 3.03. The van der Waals surface area contributed by atoms with Gasteiger partial charge in [-0.25, -0.2) is 8.78 Å². The maximum absolute atomic E-state index is 12.6. The first-order valence-electron chi connectivity index (χ1n) is 4.30. The first-order valence-corrected chi connectivity index (χ1v) is 4.30. The van der Waals surface area contributed by atoms with Gasteiger partial charge in [0.1, 0.15) is 23.8 Å². The van der Waals surface area contributed by atoms with Crippen molar-refractivity contribution < 1.29 is 26.7 Å². The van der Waals surface area contributed by atoms with Crippen LogP contribution in [0.4, 0.5) is 22.0 Å². The second-order valence-corrected chi connectivity index (χ2v) is 3.29. The molecule has 0 amide bonds. The second kappa shape index (κ2) is 4.59. The zero-order valence-corrected chi connectivity index (χ0v) is 7.94. The molecular weight excluding hydrogens is 231 g/mol. The van der Waals surface area contributed by atoms with Crippen LogP contribution in [-0.2, 0) is 11.2 Å². The second-order valence-electron chi connectivity index (χ2n) is 3.29. The molecule has 0 heterocycles. The van der Waals surface area contributed by atoms with Crippen molar-refractivity contribution in [1.82, 2.24) is 0 Å². The number of carbonyl (C=O) groups is 1. The Bertz CT molecular complexity index is 376. The Morgan fingerprint density at radius 2 is 1.56 bits per heavy atom. The molecule has 0 aliphatic rings. The van der Waals surface area contributed by atoms with Gasteiger partial charge in [-0.15, -0.1) is 0 Å². The zero-order valence-electron chi connectivity index (χ0n) is 7.94. The monoisotopic (exact) mass is 238 g/mol. The highest BCUT2D eigenvalue weighted by atomic mass is 19.4. The number of Topliss-reactive ketones (excluding diaryl/α,β-unsaturated/α-hetero) is 1. The summed E-state index contributed by atoms with van der Waals surface area (Å²) in [7, 11) is 0. The topological polar surface area (TPSA) is 17.1 Å². The molecule has 0 fully saturated rings. The van der Waals surface area contributed by atoms with E-state index in [-0.39, 0.29) is 5.56 Å². The van der Waals surface area contributed by atoms with Crippen LogP contribution in [0.5, 0.6) is 0 Å². The summed E-state index contributed by atoms with van der Waals surface area (Å²) in [5, 5.41) is 0. The third kappa shape index (κ3) is 4.37. The smallest absolute Gasteiger partial charge is 0.299 e. The Labute approximate surface area is 87.9 Å². The fourth-order valence-corrected chi connectivity index (χ4v) is 1.23. The molecule has 0 aliphatic heterocycles. The van der Waals surface area contributed by atoms with Crippen LogP contribution >= 0.6 is 0 Å². The summed E-state index contributed by atoms with van der Waals surface area (Å²) in [6, 6.07) is 2.24. The van der Waals surface area contributed by atoms with E-state index in [9.17, 15) is 26.7 Å². The van der Waals surface area contributed by atoms with Crippen molar-refractivity contribution in [1.29, 1.82) is 0 Å². The Kier molecular flexibility index (Phi) is 3.62. The molecule has 0 unspecified atom stereocenters. The molecule has 0 radical (unpaired) electrons.